The molecule has 3 aromatic heterocycles. The highest BCUT2D eigenvalue weighted by Gasteiger charge is 2.39. The van der Waals surface area contributed by atoms with Crippen LogP contribution in [0, 0.1) is 23.5 Å². The Labute approximate surface area is 239 Å². The van der Waals surface area contributed by atoms with Crippen LogP contribution in [0.15, 0.2) is 42.7 Å². The number of pyridine rings is 2. The molecule has 8 nitrogen and oxygen atoms in total. The van der Waals surface area contributed by atoms with Crippen molar-refractivity contribution in [1.29, 1.82) is 0 Å². The molecule has 2 unspecified atom stereocenters. The van der Waals surface area contributed by atoms with Crippen molar-refractivity contribution in [3.8, 4) is 11.3 Å². The highest BCUT2D eigenvalue weighted by atomic mass is 35.5. The number of carbonyl (C=O) groups excluding carboxylic acids is 1. The van der Waals surface area contributed by atoms with Gasteiger partial charge < -0.3 is 9.40 Å². The summed E-state index contributed by atoms with van der Waals surface area (Å²) in [7, 11) is 0. The fraction of sp³-hybridized carbons (Fsp3) is 0.379. The monoisotopic (exact) mass is 584 g/mol. The number of imidazole rings is 1. The van der Waals surface area contributed by atoms with Crippen LogP contribution in [0.25, 0.3) is 22.3 Å². The molecular weight excluding hydrogens is 557 g/mol. The zero-order chi connectivity index (χ0) is 28.9. The molecule has 1 aliphatic heterocycles. The molecule has 2 fully saturated rings. The summed E-state index contributed by atoms with van der Waals surface area (Å²) >= 11 is 6.29. The molecule has 0 spiro atoms. The number of fused-ring (bicyclic) bond motifs is 1. The Bertz CT molecular complexity index is 1640. The number of carbonyl (C=O) groups is 1. The topological polar surface area (TPSA) is 94.0 Å². The van der Waals surface area contributed by atoms with Gasteiger partial charge in [0.1, 0.15) is 11.6 Å². The maximum Gasteiger partial charge on any atom is 0.427 e. The van der Waals surface area contributed by atoms with Crippen LogP contribution in [-0.2, 0) is 17.1 Å². The number of amides is 1. The third-order valence-corrected chi connectivity index (χ3v) is 8.19. The number of hydrogen-bond donors (Lipinski definition) is 2. The van der Waals surface area contributed by atoms with Crippen molar-refractivity contribution in [2.24, 2.45) is 11.8 Å². The summed E-state index contributed by atoms with van der Waals surface area (Å²) in [4.78, 5) is 30.4. The van der Waals surface area contributed by atoms with E-state index in [-0.39, 0.29) is 17.3 Å². The van der Waals surface area contributed by atoms with Gasteiger partial charge in [0, 0.05) is 36.1 Å². The number of hydrogen-bond acceptors (Lipinski definition) is 6. The minimum atomic E-state index is -2.42. The van der Waals surface area contributed by atoms with Crippen LogP contribution in [0.1, 0.15) is 62.8 Å². The maximum absolute atomic E-state index is 16.9. The highest BCUT2D eigenvalue weighted by Crippen LogP contribution is 2.41. The normalized spacial score (nSPS) is 22.4. The van der Waals surface area contributed by atoms with Gasteiger partial charge in [0.15, 0.2) is 17.7 Å². The van der Waals surface area contributed by atoms with Crippen molar-refractivity contribution in [3.05, 3.63) is 76.5 Å². The van der Waals surface area contributed by atoms with Gasteiger partial charge in [-0.05, 0) is 55.9 Å². The largest absolute Gasteiger partial charge is 0.427 e. The summed E-state index contributed by atoms with van der Waals surface area (Å²) < 4.78 is 47.5. The molecule has 1 saturated carbocycles. The molecule has 0 bridgehead atoms. The Morgan fingerprint density at radius 1 is 1.12 bits per heavy atom. The van der Waals surface area contributed by atoms with Gasteiger partial charge in [-0.15, -0.1) is 5.48 Å². The highest BCUT2D eigenvalue weighted by molar-refractivity contribution is 6.30. The van der Waals surface area contributed by atoms with Gasteiger partial charge in [0.05, 0.1) is 27.4 Å². The van der Waals surface area contributed by atoms with E-state index in [4.69, 9.17) is 26.4 Å². The summed E-state index contributed by atoms with van der Waals surface area (Å²) in [5, 5.41) is 2.98. The first kappa shape index (κ1) is 27.5. The van der Waals surface area contributed by atoms with Crippen LogP contribution in [0.4, 0.5) is 18.0 Å². The molecular formula is C29H28ClF3N6O2. The Balaban J connectivity index is 1.60. The van der Waals surface area contributed by atoms with Crippen LogP contribution >= 0.6 is 11.6 Å². The van der Waals surface area contributed by atoms with E-state index in [9.17, 15) is 13.6 Å². The minimum absolute atomic E-state index is 0.0357. The second kappa shape index (κ2) is 10.6. The molecule has 12 heteroatoms. The zero-order valence-electron chi connectivity index (χ0n) is 22.4. The number of nitrogens with one attached hydrogen (secondary N) is 2. The number of rotatable bonds is 6. The Morgan fingerprint density at radius 3 is 2.59 bits per heavy atom. The minimum Gasteiger partial charge on any atom is -0.351 e. The van der Waals surface area contributed by atoms with E-state index in [0.29, 0.717) is 51.5 Å². The average Bonchev–Trinajstić information content (AvgIpc) is 3.53. The molecule has 4 aromatic rings. The molecule has 1 aliphatic carbocycles. The van der Waals surface area contributed by atoms with Crippen LogP contribution in [0.3, 0.4) is 0 Å². The van der Waals surface area contributed by atoms with E-state index in [1.165, 1.54) is 13.1 Å². The molecule has 2 atom stereocenters. The standard InChI is InChI=1S/C29H28ClF3N6O2/c1-15-3-5-16(6-4-15)14-39-25-22(36-27(39)29(2,33)20-8-7-19(31)10-21(20)32)11-23(26-37-28(40)41-38-26)35-24(25)17-9-18(30)13-34-12-17/h7-13,15-16,26,38H,3-6,14H2,1-2H3,(H,37,40). The zero-order valence-corrected chi connectivity index (χ0v) is 23.2. The fourth-order valence-electron chi connectivity index (χ4n) is 5.79. The summed E-state index contributed by atoms with van der Waals surface area (Å²) in [5.74, 6) is -1.01. The summed E-state index contributed by atoms with van der Waals surface area (Å²) in [6, 6.07) is 6.12. The van der Waals surface area contributed by atoms with Gasteiger partial charge in [-0.2, -0.15) is 0 Å². The van der Waals surface area contributed by atoms with Gasteiger partial charge in [-0.3, -0.25) is 10.3 Å². The van der Waals surface area contributed by atoms with Gasteiger partial charge in [0.25, 0.3) is 0 Å². The van der Waals surface area contributed by atoms with Crippen LogP contribution < -0.4 is 10.8 Å². The SMILES string of the molecule is CC1CCC(Cn2c(C(C)(F)c3ccc(F)cc3F)nc3cc(C4NOC(=O)N4)nc(-c4cncc(Cl)c4)c32)CC1. The van der Waals surface area contributed by atoms with Gasteiger partial charge in [0.2, 0.25) is 0 Å². The van der Waals surface area contributed by atoms with E-state index in [1.54, 1.807) is 22.9 Å². The summed E-state index contributed by atoms with van der Waals surface area (Å²) in [6.45, 7) is 3.87. The van der Waals surface area contributed by atoms with E-state index >= 15 is 4.39 Å². The Morgan fingerprint density at radius 2 is 1.90 bits per heavy atom. The van der Waals surface area contributed by atoms with Crippen LogP contribution in [0.5, 0.6) is 0 Å². The third-order valence-electron chi connectivity index (χ3n) is 7.98. The lowest BCUT2D eigenvalue weighted by molar-refractivity contribution is 0.121. The molecule has 6 rings (SSSR count). The molecule has 2 N–H and O–H groups in total. The maximum atomic E-state index is 16.9. The van der Waals surface area contributed by atoms with Crippen molar-refractivity contribution in [2.45, 2.75) is 57.9 Å². The Kier molecular flexibility index (Phi) is 7.11. The lowest BCUT2D eigenvalue weighted by atomic mass is 9.83. The number of hydroxylamine groups is 1. The molecule has 1 amide bonds. The fourth-order valence-corrected chi connectivity index (χ4v) is 5.96. The van der Waals surface area contributed by atoms with Gasteiger partial charge in [-0.25, -0.2) is 27.9 Å². The second-order valence-corrected chi connectivity index (χ2v) is 11.5. The third kappa shape index (κ3) is 5.24. The molecule has 1 aromatic carbocycles. The number of benzene rings is 1. The van der Waals surface area contributed by atoms with E-state index in [1.807, 2.05) is 0 Å². The average molecular weight is 585 g/mol. The smallest absolute Gasteiger partial charge is 0.351 e. The van der Waals surface area contributed by atoms with Gasteiger partial charge in [-0.1, -0.05) is 31.4 Å². The quantitative estimate of drug-likeness (QED) is 0.261. The van der Waals surface area contributed by atoms with E-state index < -0.39 is 29.6 Å². The number of halogens is 4. The lowest BCUT2D eigenvalue weighted by Gasteiger charge is -2.29. The summed E-state index contributed by atoms with van der Waals surface area (Å²) in [6.07, 6.45) is 5.59. The first-order valence-corrected chi connectivity index (χ1v) is 13.9. The predicted octanol–water partition coefficient (Wildman–Crippen LogP) is 6.73. The molecule has 41 heavy (non-hydrogen) atoms. The second-order valence-electron chi connectivity index (χ2n) is 11.0. The van der Waals surface area contributed by atoms with Gasteiger partial charge >= 0.3 is 6.09 Å². The van der Waals surface area contributed by atoms with Crippen molar-refractivity contribution in [2.75, 3.05) is 0 Å². The molecule has 0 radical (unpaired) electrons. The predicted molar refractivity (Wildman–Crippen MR) is 146 cm³/mol. The molecule has 1 saturated heterocycles. The van der Waals surface area contributed by atoms with E-state index in [0.717, 1.165) is 37.8 Å². The number of aromatic nitrogens is 4. The lowest BCUT2D eigenvalue weighted by Crippen LogP contribution is -2.27. The van der Waals surface area contributed by atoms with Crippen molar-refractivity contribution in [1.82, 2.24) is 30.3 Å². The van der Waals surface area contributed by atoms with Crippen LogP contribution in [-0.4, -0.2) is 25.6 Å². The van der Waals surface area contributed by atoms with Crippen molar-refractivity contribution < 1.29 is 22.8 Å². The van der Waals surface area contributed by atoms with Crippen molar-refractivity contribution >= 4 is 28.7 Å². The Hall–Kier alpha value is -3.70. The first-order valence-electron chi connectivity index (χ1n) is 13.5. The molecule has 2 aliphatic rings. The van der Waals surface area contributed by atoms with Crippen molar-refractivity contribution in [3.63, 3.8) is 0 Å². The number of nitrogens with zero attached hydrogens (tertiary/aromatic N) is 4. The van der Waals surface area contributed by atoms with Crippen LogP contribution in [0.2, 0.25) is 5.02 Å². The van der Waals surface area contributed by atoms with E-state index in [2.05, 4.69) is 22.7 Å². The first-order chi connectivity index (χ1) is 19.6. The molecule has 214 valence electrons. The molecule has 4 heterocycles. The number of alkyl halides is 1. The summed E-state index contributed by atoms with van der Waals surface area (Å²) in [5.41, 5.74) is 2.03.